The molecule has 0 amide bonds. The smallest absolute Gasteiger partial charge is 0.305 e. The van der Waals surface area contributed by atoms with Crippen LogP contribution in [0, 0.1) is 5.92 Å². The Hall–Kier alpha value is -0.870. The van der Waals surface area contributed by atoms with Gasteiger partial charge < -0.3 is 14.9 Å². The van der Waals surface area contributed by atoms with Crippen molar-refractivity contribution in [1.82, 2.24) is 0 Å². The minimum Gasteiger partial charge on any atom is -0.463 e. The molecule has 0 aromatic heterocycles. The summed E-state index contributed by atoms with van der Waals surface area (Å²) >= 11 is 0. The van der Waals surface area contributed by atoms with Gasteiger partial charge in [0.2, 0.25) is 0 Å². The molecule has 0 spiro atoms. The summed E-state index contributed by atoms with van der Waals surface area (Å²) in [6.45, 7) is 4.13. The molecule has 0 aliphatic heterocycles. The van der Waals surface area contributed by atoms with Gasteiger partial charge in [0.15, 0.2) is 0 Å². The standard InChI is InChI=1S/C25H48O4/c1-23(2)19-17-15-13-11-9-7-5-3-4-6-8-10-12-14-16-18-20-25(28)29-22-24(27)21-26/h12,14,23-24,26-27H,3-11,13,15-22H2,1-2H3/b14-12-. The summed E-state index contributed by atoms with van der Waals surface area (Å²) < 4.78 is 4.86. The van der Waals surface area contributed by atoms with Crippen LogP contribution in [0.25, 0.3) is 0 Å². The van der Waals surface area contributed by atoms with E-state index in [9.17, 15) is 4.79 Å². The molecule has 0 bridgehead atoms. The third kappa shape index (κ3) is 23.3. The summed E-state index contributed by atoms with van der Waals surface area (Å²) in [5, 5.41) is 17.7. The summed E-state index contributed by atoms with van der Waals surface area (Å²) in [5.41, 5.74) is 0. The van der Waals surface area contributed by atoms with Crippen LogP contribution in [0.5, 0.6) is 0 Å². The van der Waals surface area contributed by atoms with Gasteiger partial charge in [0.05, 0.1) is 6.61 Å². The van der Waals surface area contributed by atoms with Gasteiger partial charge in [-0.25, -0.2) is 0 Å². The highest BCUT2D eigenvalue weighted by Crippen LogP contribution is 2.14. The molecule has 0 saturated carbocycles. The lowest BCUT2D eigenvalue weighted by atomic mass is 10.0. The minimum absolute atomic E-state index is 0.121. The van der Waals surface area contributed by atoms with Crippen LogP contribution in [0.4, 0.5) is 0 Å². The lowest BCUT2D eigenvalue weighted by molar-refractivity contribution is -0.147. The Bertz CT molecular complexity index is 379. The first-order valence-electron chi connectivity index (χ1n) is 12.2. The van der Waals surface area contributed by atoms with Crippen molar-refractivity contribution >= 4 is 5.97 Å². The number of hydrogen-bond donors (Lipinski definition) is 2. The van der Waals surface area contributed by atoms with E-state index >= 15 is 0 Å². The van der Waals surface area contributed by atoms with Crippen LogP contribution in [0.15, 0.2) is 12.2 Å². The molecule has 0 aliphatic carbocycles. The van der Waals surface area contributed by atoms with Crippen LogP contribution in [0.2, 0.25) is 0 Å². The Morgan fingerprint density at radius 3 is 1.79 bits per heavy atom. The van der Waals surface area contributed by atoms with Crippen LogP contribution in [-0.2, 0) is 9.53 Å². The Morgan fingerprint density at radius 1 is 0.793 bits per heavy atom. The zero-order valence-electron chi connectivity index (χ0n) is 19.2. The summed E-state index contributed by atoms with van der Waals surface area (Å²) in [5.74, 6) is 0.554. The average Bonchev–Trinajstić information content (AvgIpc) is 2.70. The molecule has 172 valence electrons. The molecule has 2 N–H and O–H groups in total. The molecule has 0 fully saturated rings. The quantitative estimate of drug-likeness (QED) is 0.131. The second-order valence-electron chi connectivity index (χ2n) is 8.74. The number of hydrogen-bond acceptors (Lipinski definition) is 4. The molecule has 0 saturated heterocycles. The van der Waals surface area contributed by atoms with E-state index in [4.69, 9.17) is 14.9 Å². The highest BCUT2D eigenvalue weighted by molar-refractivity contribution is 5.69. The number of carbonyl (C=O) groups is 1. The van der Waals surface area contributed by atoms with E-state index < -0.39 is 6.10 Å². The monoisotopic (exact) mass is 412 g/mol. The fraction of sp³-hybridized carbons (Fsp3) is 0.880. The van der Waals surface area contributed by atoms with Crippen molar-refractivity contribution in [3.8, 4) is 0 Å². The first kappa shape index (κ1) is 28.1. The fourth-order valence-electron chi connectivity index (χ4n) is 3.32. The number of unbranched alkanes of at least 4 members (excludes halogenated alkanes) is 12. The van der Waals surface area contributed by atoms with E-state index in [-0.39, 0.29) is 19.2 Å². The third-order valence-corrected chi connectivity index (χ3v) is 5.22. The van der Waals surface area contributed by atoms with E-state index in [1.165, 1.54) is 77.0 Å². The van der Waals surface area contributed by atoms with E-state index in [2.05, 4.69) is 26.0 Å². The molecule has 1 unspecified atom stereocenters. The lowest BCUT2D eigenvalue weighted by Gasteiger charge is -2.07. The third-order valence-electron chi connectivity index (χ3n) is 5.22. The Labute approximate surface area is 180 Å². The second kappa shape index (κ2) is 21.8. The second-order valence-corrected chi connectivity index (χ2v) is 8.74. The van der Waals surface area contributed by atoms with E-state index in [0.717, 1.165) is 25.2 Å². The van der Waals surface area contributed by atoms with Crippen molar-refractivity contribution in [2.75, 3.05) is 13.2 Å². The first-order chi connectivity index (χ1) is 14.1. The number of esters is 1. The van der Waals surface area contributed by atoms with Gasteiger partial charge in [0.25, 0.3) is 0 Å². The van der Waals surface area contributed by atoms with Crippen molar-refractivity contribution in [2.45, 2.75) is 123 Å². The molecule has 1 atom stereocenters. The number of aliphatic hydroxyl groups is 2. The van der Waals surface area contributed by atoms with Gasteiger partial charge in [-0.1, -0.05) is 96.6 Å². The Kier molecular flexibility index (Phi) is 21.2. The van der Waals surface area contributed by atoms with Crippen molar-refractivity contribution < 1.29 is 19.7 Å². The maximum Gasteiger partial charge on any atom is 0.305 e. The van der Waals surface area contributed by atoms with E-state index in [1.54, 1.807) is 0 Å². The first-order valence-corrected chi connectivity index (χ1v) is 12.2. The Morgan fingerprint density at radius 2 is 1.28 bits per heavy atom. The molecule has 0 aromatic carbocycles. The van der Waals surface area contributed by atoms with Gasteiger partial charge in [-0.2, -0.15) is 0 Å². The van der Waals surface area contributed by atoms with Gasteiger partial charge in [0.1, 0.15) is 12.7 Å². The predicted octanol–water partition coefficient (Wildman–Crippen LogP) is 6.34. The summed E-state index contributed by atoms with van der Waals surface area (Å²) in [6, 6.07) is 0. The maximum atomic E-state index is 11.4. The van der Waals surface area contributed by atoms with Gasteiger partial charge in [-0.3, -0.25) is 4.79 Å². The number of allylic oxidation sites excluding steroid dienone is 2. The summed E-state index contributed by atoms with van der Waals surface area (Å²) in [7, 11) is 0. The molecule has 0 rings (SSSR count). The molecule has 0 aliphatic rings. The highest BCUT2D eigenvalue weighted by atomic mass is 16.5. The molecule has 29 heavy (non-hydrogen) atoms. The SMILES string of the molecule is CC(C)CCCCCCCCCCCCC/C=C\CCCC(=O)OCC(O)CO. The molecular weight excluding hydrogens is 364 g/mol. The molecule has 0 aromatic rings. The zero-order valence-corrected chi connectivity index (χ0v) is 19.2. The van der Waals surface area contributed by atoms with Crippen LogP contribution in [-0.4, -0.2) is 35.5 Å². The molecule has 0 radical (unpaired) electrons. The molecular formula is C25H48O4. The van der Waals surface area contributed by atoms with Crippen molar-refractivity contribution in [3.05, 3.63) is 12.2 Å². The van der Waals surface area contributed by atoms with Crippen LogP contribution >= 0.6 is 0 Å². The molecule has 4 heteroatoms. The van der Waals surface area contributed by atoms with Crippen molar-refractivity contribution in [2.24, 2.45) is 5.92 Å². The topological polar surface area (TPSA) is 66.8 Å². The molecule has 0 heterocycles. The number of carbonyl (C=O) groups excluding carboxylic acids is 1. The summed E-state index contributed by atoms with van der Waals surface area (Å²) in [4.78, 5) is 11.4. The highest BCUT2D eigenvalue weighted by Gasteiger charge is 2.06. The van der Waals surface area contributed by atoms with Gasteiger partial charge in [0, 0.05) is 6.42 Å². The Balaban J connectivity index is 3.22. The largest absolute Gasteiger partial charge is 0.463 e. The van der Waals surface area contributed by atoms with E-state index in [1.807, 2.05) is 0 Å². The van der Waals surface area contributed by atoms with Gasteiger partial charge in [-0.15, -0.1) is 0 Å². The number of ether oxygens (including phenoxy) is 1. The number of rotatable bonds is 21. The summed E-state index contributed by atoms with van der Waals surface area (Å²) in [6.07, 6.45) is 23.1. The minimum atomic E-state index is -0.969. The van der Waals surface area contributed by atoms with Crippen LogP contribution in [0.3, 0.4) is 0 Å². The lowest BCUT2D eigenvalue weighted by Crippen LogP contribution is -2.21. The van der Waals surface area contributed by atoms with Gasteiger partial charge >= 0.3 is 5.97 Å². The zero-order chi connectivity index (χ0) is 21.6. The fourth-order valence-corrected chi connectivity index (χ4v) is 3.32. The molecule has 4 nitrogen and oxygen atoms in total. The van der Waals surface area contributed by atoms with E-state index in [0.29, 0.717) is 6.42 Å². The normalized spacial score (nSPS) is 12.7. The average molecular weight is 413 g/mol. The maximum absolute atomic E-state index is 11.4. The van der Waals surface area contributed by atoms with Crippen LogP contribution in [0.1, 0.15) is 117 Å². The number of aliphatic hydroxyl groups excluding tert-OH is 2. The van der Waals surface area contributed by atoms with Crippen molar-refractivity contribution in [3.63, 3.8) is 0 Å². The van der Waals surface area contributed by atoms with Gasteiger partial charge in [-0.05, 0) is 31.6 Å². The van der Waals surface area contributed by atoms with Crippen LogP contribution < -0.4 is 0 Å². The van der Waals surface area contributed by atoms with Crippen molar-refractivity contribution in [1.29, 1.82) is 0 Å². The predicted molar refractivity (Wildman–Crippen MR) is 122 cm³/mol.